The highest BCUT2D eigenvalue weighted by Gasteiger charge is 2.19. The Labute approximate surface area is 129 Å². The third-order valence-corrected chi connectivity index (χ3v) is 3.72. The van der Waals surface area contributed by atoms with Crippen LogP contribution in [0.3, 0.4) is 0 Å². The van der Waals surface area contributed by atoms with E-state index < -0.39 is 6.10 Å². The van der Waals surface area contributed by atoms with Gasteiger partial charge in [-0.3, -0.25) is 9.69 Å². The van der Waals surface area contributed by atoms with Crippen LogP contribution in [0.2, 0.25) is 5.02 Å². The van der Waals surface area contributed by atoms with Crippen molar-refractivity contribution in [1.29, 1.82) is 0 Å². The number of carbonyl (C=O) groups is 1. The van der Waals surface area contributed by atoms with Gasteiger partial charge in [0.1, 0.15) is 0 Å². The summed E-state index contributed by atoms with van der Waals surface area (Å²) in [5.74, 6) is 0.00361. The second-order valence-corrected chi connectivity index (χ2v) is 5.70. The molecule has 1 fully saturated rings. The van der Waals surface area contributed by atoms with Crippen LogP contribution in [0.25, 0.3) is 0 Å². The van der Waals surface area contributed by atoms with E-state index in [0.717, 1.165) is 12.1 Å². The van der Waals surface area contributed by atoms with E-state index in [4.69, 9.17) is 16.3 Å². The number of aliphatic hydroxyl groups is 1. The van der Waals surface area contributed by atoms with Crippen molar-refractivity contribution in [2.75, 3.05) is 32.8 Å². The summed E-state index contributed by atoms with van der Waals surface area (Å²) in [5.41, 5.74) is 1.02. The smallest absolute Gasteiger partial charge is 0.234 e. The molecule has 1 aliphatic rings. The van der Waals surface area contributed by atoms with Crippen LogP contribution in [-0.4, -0.2) is 54.8 Å². The molecule has 1 heterocycles. The summed E-state index contributed by atoms with van der Waals surface area (Å²) in [4.78, 5) is 13.2. The Morgan fingerprint density at radius 1 is 1.43 bits per heavy atom. The molecule has 116 valence electrons. The number of piperazine rings is 1. The summed E-state index contributed by atoms with van der Waals surface area (Å²) in [7, 11) is 0. The molecule has 6 heteroatoms. The fourth-order valence-electron chi connectivity index (χ4n) is 2.28. The van der Waals surface area contributed by atoms with Gasteiger partial charge in [-0.2, -0.15) is 0 Å². The van der Waals surface area contributed by atoms with Gasteiger partial charge in [0.15, 0.2) is 0 Å². The van der Waals surface area contributed by atoms with Crippen LogP contribution in [0.5, 0.6) is 0 Å². The summed E-state index contributed by atoms with van der Waals surface area (Å²) in [6.45, 7) is 4.35. The van der Waals surface area contributed by atoms with E-state index in [0.29, 0.717) is 24.7 Å². The predicted octanol–water partition coefficient (Wildman–Crippen LogP) is 1.21. The number of aliphatic hydroxyl groups excluding tert-OH is 1. The highest BCUT2D eigenvalue weighted by molar-refractivity contribution is 6.30. The molecule has 1 aliphatic heterocycles. The molecule has 5 nitrogen and oxygen atoms in total. The first-order chi connectivity index (χ1) is 10.0. The topological polar surface area (TPSA) is 61.8 Å². The minimum absolute atomic E-state index is 0.00361. The minimum Gasteiger partial charge on any atom is -0.389 e. The Morgan fingerprint density at radius 2 is 2.14 bits per heavy atom. The molecular formula is C15H21ClN2O3. The molecular weight excluding hydrogens is 292 g/mol. The summed E-state index contributed by atoms with van der Waals surface area (Å²) >= 11 is 5.85. The molecule has 0 aromatic heterocycles. The minimum atomic E-state index is -0.606. The quantitative estimate of drug-likeness (QED) is 0.829. The third kappa shape index (κ3) is 5.28. The van der Waals surface area contributed by atoms with Gasteiger partial charge in [-0.25, -0.2) is 0 Å². The number of hydrogen-bond acceptors (Lipinski definition) is 4. The molecule has 2 rings (SSSR count). The summed E-state index contributed by atoms with van der Waals surface area (Å²) in [6.07, 6.45) is -0.716. The van der Waals surface area contributed by atoms with E-state index in [-0.39, 0.29) is 18.6 Å². The maximum Gasteiger partial charge on any atom is 0.234 e. The maximum absolute atomic E-state index is 11.3. The molecule has 2 N–H and O–H groups in total. The van der Waals surface area contributed by atoms with Gasteiger partial charge in [-0.1, -0.05) is 23.7 Å². The van der Waals surface area contributed by atoms with E-state index in [1.54, 1.807) is 0 Å². The van der Waals surface area contributed by atoms with Crippen LogP contribution in [0.15, 0.2) is 24.3 Å². The van der Waals surface area contributed by atoms with Gasteiger partial charge in [-0.15, -0.1) is 0 Å². The van der Waals surface area contributed by atoms with Crippen molar-refractivity contribution < 1.29 is 14.6 Å². The van der Waals surface area contributed by atoms with Crippen molar-refractivity contribution in [1.82, 2.24) is 10.2 Å². The van der Waals surface area contributed by atoms with Crippen molar-refractivity contribution in [2.45, 2.75) is 19.1 Å². The lowest BCUT2D eigenvalue weighted by Crippen LogP contribution is -2.50. The van der Waals surface area contributed by atoms with Crippen molar-refractivity contribution in [3.63, 3.8) is 0 Å². The van der Waals surface area contributed by atoms with Gasteiger partial charge in [0.2, 0.25) is 5.91 Å². The molecule has 0 aliphatic carbocycles. The largest absolute Gasteiger partial charge is 0.389 e. The molecule has 1 amide bonds. The van der Waals surface area contributed by atoms with Crippen molar-refractivity contribution in [2.24, 2.45) is 0 Å². The number of ether oxygens (including phenoxy) is 1. The van der Waals surface area contributed by atoms with Crippen LogP contribution in [0.1, 0.15) is 18.6 Å². The number of nitrogens with one attached hydrogen (secondary N) is 1. The van der Waals surface area contributed by atoms with Gasteiger partial charge in [0.05, 0.1) is 25.4 Å². The first-order valence-electron chi connectivity index (χ1n) is 7.09. The molecule has 0 unspecified atom stereocenters. The van der Waals surface area contributed by atoms with E-state index in [1.807, 2.05) is 36.1 Å². The van der Waals surface area contributed by atoms with E-state index in [9.17, 15) is 9.90 Å². The van der Waals surface area contributed by atoms with E-state index in [1.165, 1.54) is 0 Å². The predicted molar refractivity (Wildman–Crippen MR) is 81.3 cm³/mol. The maximum atomic E-state index is 11.3. The zero-order valence-corrected chi connectivity index (χ0v) is 12.8. The lowest BCUT2D eigenvalue weighted by atomic mass is 10.1. The average Bonchev–Trinajstić information content (AvgIpc) is 2.45. The average molecular weight is 313 g/mol. The first kappa shape index (κ1) is 16.2. The summed E-state index contributed by atoms with van der Waals surface area (Å²) in [6, 6.07) is 7.46. The van der Waals surface area contributed by atoms with E-state index in [2.05, 4.69) is 5.32 Å². The Morgan fingerprint density at radius 3 is 2.81 bits per heavy atom. The molecule has 2 atom stereocenters. The van der Waals surface area contributed by atoms with Gasteiger partial charge >= 0.3 is 0 Å². The normalized spacial score (nSPS) is 19.1. The zero-order chi connectivity index (χ0) is 15.2. The molecule has 21 heavy (non-hydrogen) atoms. The van der Waals surface area contributed by atoms with Crippen LogP contribution in [-0.2, 0) is 9.53 Å². The highest BCUT2D eigenvalue weighted by Crippen LogP contribution is 2.19. The highest BCUT2D eigenvalue weighted by atomic mass is 35.5. The zero-order valence-electron chi connectivity index (χ0n) is 12.1. The Balaban J connectivity index is 1.74. The number of β-amino-alcohol motifs (C(OH)–C–C–N with tert-alkyl or cyclic N) is 1. The van der Waals surface area contributed by atoms with Crippen molar-refractivity contribution >= 4 is 17.5 Å². The van der Waals surface area contributed by atoms with Gasteiger partial charge < -0.3 is 15.2 Å². The number of hydrogen-bond donors (Lipinski definition) is 2. The fraction of sp³-hybridized carbons (Fsp3) is 0.533. The summed E-state index contributed by atoms with van der Waals surface area (Å²) < 4.78 is 5.68. The van der Waals surface area contributed by atoms with Gasteiger partial charge in [0.25, 0.3) is 0 Å². The molecule has 0 spiro atoms. The second-order valence-electron chi connectivity index (χ2n) is 5.27. The second kappa shape index (κ2) is 7.75. The standard InChI is InChI=1S/C15H21ClN2O3/c1-11(12-2-4-13(16)5-3-12)21-10-14(19)8-18-7-6-17-15(20)9-18/h2-5,11,14,19H,6-10H2,1H3,(H,17,20)/t11-,14-/m0/s1. The number of benzene rings is 1. The van der Waals surface area contributed by atoms with E-state index >= 15 is 0 Å². The van der Waals surface area contributed by atoms with Crippen molar-refractivity contribution in [3.05, 3.63) is 34.9 Å². The number of amides is 1. The van der Waals surface area contributed by atoms with Crippen LogP contribution in [0, 0.1) is 0 Å². The van der Waals surface area contributed by atoms with Crippen LogP contribution >= 0.6 is 11.6 Å². The Kier molecular flexibility index (Phi) is 5.99. The Hall–Kier alpha value is -1.14. The lowest BCUT2D eigenvalue weighted by molar-refractivity contribution is -0.124. The molecule has 0 bridgehead atoms. The SMILES string of the molecule is C[C@H](OC[C@@H](O)CN1CCNC(=O)C1)c1ccc(Cl)cc1. The Bertz CT molecular complexity index is 466. The van der Waals surface area contributed by atoms with Crippen LogP contribution in [0.4, 0.5) is 0 Å². The molecule has 1 saturated heterocycles. The third-order valence-electron chi connectivity index (χ3n) is 3.46. The summed E-state index contributed by atoms with van der Waals surface area (Å²) in [5, 5.41) is 13.5. The van der Waals surface area contributed by atoms with Gasteiger partial charge in [-0.05, 0) is 24.6 Å². The molecule has 1 aromatic rings. The fourth-order valence-corrected chi connectivity index (χ4v) is 2.41. The number of carbonyl (C=O) groups excluding carboxylic acids is 1. The number of nitrogens with zero attached hydrogens (tertiary/aromatic N) is 1. The van der Waals surface area contributed by atoms with Crippen molar-refractivity contribution in [3.8, 4) is 0 Å². The molecule has 0 radical (unpaired) electrons. The number of halogens is 1. The monoisotopic (exact) mass is 312 g/mol. The van der Waals surface area contributed by atoms with Gasteiger partial charge in [0, 0.05) is 24.7 Å². The van der Waals surface area contributed by atoms with Crippen LogP contribution < -0.4 is 5.32 Å². The first-order valence-corrected chi connectivity index (χ1v) is 7.46. The molecule has 0 saturated carbocycles. The molecule has 1 aromatic carbocycles. The lowest BCUT2D eigenvalue weighted by Gasteiger charge is -2.28. The number of rotatable bonds is 6.